The van der Waals surface area contributed by atoms with Gasteiger partial charge in [0.15, 0.2) is 5.57 Å². The van der Waals surface area contributed by atoms with Crippen LogP contribution in [0.3, 0.4) is 0 Å². The first-order valence-electron chi connectivity index (χ1n) is 11.2. The number of hydrogen-bond donors (Lipinski definition) is 1. The molecule has 1 amide bonds. The van der Waals surface area contributed by atoms with E-state index in [0.717, 1.165) is 6.20 Å². The molecule has 2 heterocycles. The summed E-state index contributed by atoms with van der Waals surface area (Å²) in [5.74, 6) is -3.42. The molecule has 1 N–H and O–H groups in total. The van der Waals surface area contributed by atoms with Gasteiger partial charge < -0.3 is 29.3 Å². The molecule has 0 saturated carbocycles. The van der Waals surface area contributed by atoms with Gasteiger partial charge in [-0.2, -0.15) is 0 Å². The molecule has 2 aliphatic rings. The lowest BCUT2D eigenvalue weighted by Gasteiger charge is -2.38. The number of carbonyl (C=O) groups excluding carboxylic acids is 3. The zero-order valence-corrected chi connectivity index (χ0v) is 20.4. The van der Waals surface area contributed by atoms with Gasteiger partial charge in [-0.25, -0.2) is 18.8 Å². The van der Waals surface area contributed by atoms with Crippen molar-refractivity contribution in [2.24, 2.45) is 0 Å². The number of carbonyl (C=O) groups is 3. The van der Waals surface area contributed by atoms with Gasteiger partial charge in [-0.1, -0.05) is 0 Å². The normalized spacial score (nSPS) is 18.7. The quantitative estimate of drug-likeness (QED) is 0.397. The SMILES string of the molecule is CN(c1ccc(NC=C2C(=O)OC(C)(C)OC2=O)cc1F)C1CCN(C(=O)OC(C)(C)C)CC1. The summed E-state index contributed by atoms with van der Waals surface area (Å²) in [7, 11) is 1.82. The highest BCUT2D eigenvalue weighted by Crippen LogP contribution is 2.28. The second-order valence-electron chi connectivity index (χ2n) is 9.86. The maximum atomic E-state index is 14.9. The van der Waals surface area contributed by atoms with Crippen LogP contribution in [-0.2, 0) is 23.8 Å². The highest BCUT2D eigenvalue weighted by Gasteiger charge is 2.39. The summed E-state index contributed by atoms with van der Waals surface area (Å²) in [5, 5.41) is 2.75. The third-order valence-corrected chi connectivity index (χ3v) is 5.49. The van der Waals surface area contributed by atoms with Crippen molar-refractivity contribution in [3.63, 3.8) is 0 Å². The number of hydrogen-bond acceptors (Lipinski definition) is 8. The largest absolute Gasteiger partial charge is 0.444 e. The molecular weight excluding hydrogens is 445 g/mol. The van der Waals surface area contributed by atoms with Crippen LogP contribution in [0.25, 0.3) is 0 Å². The third-order valence-electron chi connectivity index (χ3n) is 5.49. The summed E-state index contributed by atoms with van der Waals surface area (Å²) in [4.78, 5) is 39.8. The van der Waals surface area contributed by atoms with E-state index in [1.165, 1.54) is 19.9 Å². The molecule has 0 aromatic heterocycles. The minimum absolute atomic E-state index is 0.0595. The van der Waals surface area contributed by atoms with Gasteiger partial charge in [0.05, 0.1) is 5.69 Å². The minimum atomic E-state index is -1.33. The molecule has 0 radical (unpaired) electrons. The molecule has 9 nitrogen and oxygen atoms in total. The van der Waals surface area contributed by atoms with Crippen LogP contribution in [0.5, 0.6) is 0 Å². The molecule has 1 aromatic carbocycles. The van der Waals surface area contributed by atoms with Crippen molar-refractivity contribution in [2.75, 3.05) is 30.4 Å². The van der Waals surface area contributed by atoms with Gasteiger partial charge in [-0.05, 0) is 51.8 Å². The summed E-state index contributed by atoms with van der Waals surface area (Å²) in [5.41, 5.74) is -0.0921. The van der Waals surface area contributed by atoms with Crippen molar-refractivity contribution in [3.8, 4) is 0 Å². The average molecular weight is 478 g/mol. The monoisotopic (exact) mass is 477 g/mol. The van der Waals surface area contributed by atoms with Crippen LogP contribution in [0.15, 0.2) is 30.0 Å². The van der Waals surface area contributed by atoms with Crippen molar-refractivity contribution < 1.29 is 33.0 Å². The predicted molar refractivity (Wildman–Crippen MR) is 124 cm³/mol. The molecule has 0 aliphatic carbocycles. The molecule has 0 atom stereocenters. The van der Waals surface area contributed by atoms with Gasteiger partial charge in [0, 0.05) is 51.9 Å². The Morgan fingerprint density at radius 1 is 1.21 bits per heavy atom. The Kier molecular flexibility index (Phi) is 7.09. The molecule has 1 aromatic rings. The summed E-state index contributed by atoms with van der Waals surface area (Å²) < 4.78 is 30.4. The van der Waals surface area contributed by atoms with Crippen molar-refractivity contribution >= 4 is 29.4 Å². The molecule has 0 unspecified atom stereocenters. The van der Waals surface area contributed by atoms with Gasteiger partial charge in [0.25, 0.3) is 5.79 Å². The Labute approximate surface area is 198 Å². The lowest BCUT2D eigenvalue weighted by molar-refractivity contribution is -0.222. The first-order valence-corrected chi connectivity index (χ1v) is 11.2. The third kappa shape index (κ3) is 6.18. The van der Waals surface area contributed by atoms with Crippen LogP contribution in [0.2, 0.25) is 0 Å². The maximum absolute atomic E-state index is 14.9. The van der Waals surface area contributed by atoms with Gasteiger partial charge >= 0.3 is 18.0 Å². The number of benzene rings is 1. The van der Waals surface area contributed by atoms with Crippen molar-refractivity contribution in [3.05, 3.63) is 35.8 Å². The van der Waals surface area contributed by atoms with E-state index in [4.69, 9.17) is 14.2 Å². The van der Waals surface area contributed by atoms with Crippen molar-refractivity contribution in [2.45, 2.75) is 64.9 Å². The van der Waals surface area contributed by atoms with E-state index in [1.54, 1.807) is 17.0 Å². The Balaban J connectivity index is 1.60. The van der Waals surface area contributed by atoms with E-state index in [2.05, 4.69) is 5.32 Å². The first-order chi connectivity index (χ1) is 15.8. The number of halogens is 1. The lowest BCUT2D eigenvalue weighted by Crippen LogP contribution is -2.47. The Morgan fingerprint density at radius 3 is 2.32 bits per heavy atom. The van der Waals surface area contributed by atoms with Gasteiger partial charge in [-0.15, -0.1) is 0 Å². The number of ether oxygens (including phenoxy) is 3. The van der Waals surface area contributed by atoms with E-state index < -0.39 is 29.1 Å². The second-order valence-corrected chi connectivity index (χ2v) is 9.86. The van der Waals surface area contributed by atoms with Crippen LogP contribution in [0, 0.1) is 5.82 Å². The number of nitrogens with one attached hydrogen (secondary N) is 1. The van der Waals surface area contributed by atoms with Gasteiger partial charge in [0.1, 0.15) is 11.4 Å². The van der Waals surface area contributed by atoms with Crippen LogP contribution < -0.4 is 10.2 Å². The molecule has 2 saturated heterocycles. The van der Waals surface area contributed by atoms with E-state index in [9.17, 15) is 18.8 Å². The summed E-state index contributed by atoms with van der Waals surface area (Å²) >= 11 is 0. The number of amides is 1. The van der Waals surface area contributed by atoms with Crippen LogP contribution >= 0.6 is 0 Å². The minimum Gasteiger partial charge on any atom is -0.444 e. The van der Waals surface area contributed by atoms with Crippen molar-refractivity contribution in [1.29, 1.82) is 0 Å². The number of esters is 2. The molecule has 34 heavy (non-hydrogen) atoms. The number of nitrogens with zero attached hydrogens (tertiary/aromatic N) is 2. The molecule has 3 rings (SSSR count). The topological polar surface area (TPSA) is 97.4 Å². The summed E-state index contributed by atoms with van der Waals surface area (Å²) in [6, 6.07) is 4.61. The van der Waals surface area contributed by atoms with Crippen LogP contribution in [0.4, 0.5) is 20.6 Å². The number of likely N-dealkylation sites (tertiary alicyclic amines) is 1. The van der Waals surface area contributed by atoms with E-state index in [1.807, 2.05) is 32.7 Å². The second kappa shape index (κ2) is 9.52. The number of cyclic esters (lactones) is 2. The Bertz CT molecular complexity index is 971. The molecule has 0 bridgehead atoms. The molecule has 2 aliphatic heterocycles. The molecule has 10 heteroatoms. The van der Waals surface area contributed by atoms with Gasteiger partial charge in [0.2, 0.25) is 0 Å². The smallest absolute Gasteiger partial charge is 0.410 e. The van der Waals surface area contributed by atoms with Gasteiger partial charge in [-0.3, -0.25) is 0 Å². The molecular formula is C24H32FN3O6. The summed E-state index contributed by atoms with van der Waals surface area (Å²) in [6.07, 6.45) is 2.17. The zero-order valence-electron chi connectivity index (χ0n) is 20.4. The molecule has 0 spiro atoms. The zero-order chi connectivity index (χ0) is 25.3. The van der Waals surface area contributed by atoms with E-state index in [0.29, 0.717) is 37.3 Å². The molecule has 2 fully saturated rings. The number of piperidine rings is 1. The Hall–Kier alpha value is -3.30. The fraction of sp³-hybridized carbons (Fsp3) is 0.542. The maximum Gasteiger partial charge on any atom is 0.410 e. The lowest BCUT2D eigenvalue weighted by atomic mass is 10.0. The number of rotatable bonds is 4. The van der Waals surface area contributed by atoms with E-state index >= 15 is 0 Å². The highest BCUT2D eigenvalue weighted by atomic mass is 19.1. The highest BCUT2D eigenvalue weighted by molar-refractivity contribution is 6.15. The average Bonchev–Trinajstić information content (AvgIpc) is 2.71. The summed E-state index contributed by atoms with van der Waals surface area (Å²) in [6.45, 7) is 9.46. The fourth-order valence-electron chi connectivity index (χ4n) is 3.78. The predicted octanol–water partition coefficient (Wildman–Crippen LogP) is 3.79. The Morgan fingerprint density at radius 2 is 1.79 bits per heavy atom. The fourth-order valence-corrected chi connectivity index (χ4v) is 3.78. The van der Waals surface area contributed by atoms with E-state index in [-0.39, 0.29) is 17.7 Å². The molecule has 186 valence electrons. The van der Waals surface area contributed by atoms with Crippen LogP contribution in [-0.4, -0.2) is 60.5 Å². The first kappa shape index (κ1) is 25.3. The standard InChI is InChI=1S/C24H32FN3O6/c1-23(2,3)34-22(31)28-11-9-16(10-12-28)27(6)19-8-7-15(13-18(19)25)26-14-17-20(29)32-24(4,5)33-21(17)30/h7-8,13-14,16,26H,9-12H2,1-6H3. The number of anilines is 2. The van der Waals surface area contributed by atoms with Crippen LogP contribution in [0.1, 0.15) is 47.5 Å². The van der Waals surface area contributed by atoms with Crippen molar-refractivity contribution in [1.82, 2.24) is 4.90 Å².